The van der Waals surface area contributed by atoms with Gasteiger partial charge in [-0.3, -0.25) is 0 Å². The maximum atomic E-state index is 13.0. The highest BCUT2D eigenvalue weighted by Crippen LogP contribution is 2.76. The molecule has 42 heavy (non-hydrogen) atoms. The minimum atomic E-state index is -0.947. The first-order chi connectivity index (χ1) is 19.9. The van der Waals surface area contributed by atoms with E-state index in [0.29, 0.717) is 37.4 Å². The fourth-order valence-electron chi connectivity index (χ4n) is 10.8. The molecule has 0 radical (unpaired) electrons. The number of aliphatic hydroxyl groups is 2. The van der Waals surface area contributed by atoms with E-state index in [2.05, 4.69) is 69.6 Å². The van der Waals surface area contributed by atoms with Crippen molar-refractivity contribution in [2.75, 3.05) is 31.2 Å². The van der Waals surface area contributed by atoms with E-state index in [-0.39, 0.29) is 21.5 Å². The molecule has 4 aliphatic carbocycles. The van der Waals surface area contributed by atoms with Gasteiger partial charge in [-0.25, -0.2) is 0 Å². The molecule has 5 fully saturated rings. The SMILES string of the molecule is CC#C[C@]1(O)CC[C@H]2[C@@H]3CC[C@@]4(O)CC5(CC[C@@]46Sc4cc(N(CC)CC)ccc4[C@@H](C[C@@]21C)C36)OCC(C)(C)CO5. The van der Waals surface area contributed by atoms with Crippen LogP contribution in [0.3, 0.4) is 0 Å². The maximum absolute atomic E-state index is 13.0. The summed E-state index contributed by atoms with van der Waals surface area (Å²) in [5, 5.41) is 25.1. The number of ether oxygens (including phenoxy) is 2. The van der Waals surface area contributed by atoms with Crippen LogP contribution in [0.1, 0.15) is 104 Å². The summed E-state index contributed by atoms with van der Waals surface area (Å²) in [6.07, 6.45) is 6.73. The van der Waals surface area contributed by atoms with E-state index in [0.717, 1.165) is 58.0 Å². The molecule has 1 aromatic carbocycles. The van der Waals surface area contributed by atoms with Gasteiger partial charge >= 0.3 is 0 Å². The van der Waals surface area contributed by atoms with Crippen molar-refractivity contribution >= 4 is 17.4 Å². The number of rotatable bonds is 3. The van der Waals surface area contributed by atoms with Gasteiger partial charge in [0.1, 0.15) is 5.60 Å². The third-order valence-electron chi connectivity index (χ3n) is 12.9. The minimum Gasteiger partial charge on any atom is -0.388 e. The van der Waals surface area contributed by atoms with Crippen LogP contribution in [0.15, 0.2) is 23.1 Å². The van der Waals surface area contributed by atoms with Crippen LogP contribution in [0.4, 0.5) is 5.69 Å². The summed E-state index contributed by atoms with van der Waals surface area (Å²) in [6.45, 7) is 16.3. The predicted molar refractivity (Wildman–Crippen MR) is 169 cm³/mol. The second kappa shape index (κ2) is 9.63. The summed E-state index contributed by atoms with van der Waals surface area (Å²) in [5.74, 6) is 7.26. The van der Waals surface area contributed by atoms with Crippen LogP contribution < -0.4 is 4.90 Å². The molecule has 2 spiro atoms. The van der Waals surface area contributed by atoms with Gasteiger partial charge in [0.25, 0.3) is 0 Å². The highest BCUT2D eigenvalue weighted by Gasteiger charge is 2.74. The lowest BCUT2D eigenvalue weighted by atomic mass is 9.44. The first-order valence-electron chi connectivity index (χ1n) is 16.6. The Hall–Kier alpha value is -1.23. The molecule has 6 aliphatic rings. The number of anilines is 1. The number of thioether (sulfide) groups is 1. The van der Waals surface area contributed by atoms with Crippen molar-refractivity contribution in [2.24, 2.45) is 28.6 Å². The normalized spacial score (nSPS) is 44.2. The van der Waals surface area contributed by atoms with Crippen LogP contribution >= 0.6 is 11.8 Å². The number of nitrogens with zero attached hydrogens (tertiary/aromatic N) is 1. The average Bonchev–Trinajstić information content (AvgIpc) is 3.21. The van der Waals surface area contributed by atoms with Crippen molar-refractivity contribution in [1.29, 1.82) is 0 Å². The largest absolute Gasteiger partial charge is 0.388 e. The van der Waals surface area contributed by atoms with E-state index >= 15 is 0 Å². The standard InChI is InChI=1S/C36H51NO4S/c1-7-14-33(38)16-13-28-26-12-15-34(39)21-35(40-22-31(4,5)23-41-35)17-18-36(34)30(26)27(20-32(28,33)6)25-11-10-24(19-29(25)42-36)37(8-2)9-3/h10-11,19,26-28,30,38-39H,8-9,12-13,15-18,20-23H2,1-6H3/t26-,27+,28-,30?,32-,33-,34+,36-/m0/s1. The van der Waals surface area contributed by atoms with Gasteiger partial charge in [0.2, 0.25) is 0 Å². The quantitative estimate of drug-likeness (QED) is 0.378. The van der Waals surface area contributed by atoms with Gasteiger partial charge < -0.3 is 24.6 Å². The molecule has 0 bridgehead atoms. The minimum absolute atomic E-state index is 0.000404. The molecule has 5 nitrogen and oxygen atoms in total. The summed E-state index contributed by atoms with van der Waals surface area (Å²) >= 11 is 1.99. The lowest BCUT2D eigenvalue weighted by Crippen LogP contribution is -2.72. The van der Waals surface area contributed by atoms with Crippen LogP contribution in [0, 0.1) is 40.4 Å². The first-order valence-corrected chi connectivity index (χ1v) is 17.4. The zero-order chi connectivity index (χ0) is 29.8. The molecule has 8 atom stereocenters. The highest BCUT2D eigenvalue weighted by molar-refractivity contribution is 8.01. The summed E-state index contributed by atoms with van der Waals surface area (Å²) in [5.41, 5.74) is 0.612. The van der Waals surface area contributed by atoms with E-state index in [1.807, 2.05) is 18.7 Å². The van der Waals surface area contributed by atoms with Crippen molar-refractivity contribution < 1.29 is 19.7 Å². The van der Waals surface area contributed by atoms with Gasteiger partial charge in [-0.2, -0.15) is 0 Å². The van der Waals surface area contributed by atoms with E-state index in [1.165, 1.54) is 16.1 Å². The van der Waals surface area contributed by atoms with Gasteiger partial charge in [0.15, 0.2) is 5.79 Å². The smallest absolute Gasteiger partial charge is 0.171 e. The second-order valence-electron chi connectivity index (χ2n) is 15.6. The first kappa shape index (κ1) is 29.5. The third-order valence-corrected chi connectivity index (χ3v) is 14.7. The topological polar surface area (TPSA) is 62.2 Å². The van der Waals surface area contributed by atoms with Crippen molar-refractivity contribution in [2.45, 2.75) is 125 Å². The van der Waals surface area contributed by atoms with Gasteiger partial charge in [-0.1, -0.05) is 32.8 Å². The van der Waals surface area contributed by atoms with Gasteiger partial charge in [0, 0.05) is 47.3 Å². The number of hydrogen-bond acceptors (Lipinski definition) is 6. The monoisotopic (exact) mass is 593 g/mol. The Balaban J connectivity index is 1.35. The molecule has 0 aromatic heterocycles. The average molecular weight is 594 g/mol. The molecule has 2 N–H and O–H groups in total. The molecule has 230 valence electrons. The molecule has 1 saturated heterocycles. The summed E-state index contributed by atoms with van der Waals surface area (Å²) in [6, 6.07) is 7.11. The van der Waals surface area contributed by atoms with Gasteiger partial charge in [-0.15, -0.1) is 17.7 Å². The van der Waals surface area contributed by atoms with Crippen LogP contribution in [0.5, 0.6) is 0 Å². The Bertz CT molecular complexity index is 1300. The Morgan fingerprint density at radius 3 is 2.43 bits per heavy atom. The zero-order valence-electron chi connectivity index (χ0n) is 26.6. The van der Waals surface area contributed by atoms with E-state index in [4.69, 9.17) is 9.47 Å². The predicted octanol–water partition coefficient (Wildman–Crippen LogP) is 6.75. The Labute approximate surface area is 257 Å². The fourth-order valence-corrected chi connectivity index (χ4v) is 12.7. The Morgan fingerprint density at radius 2 is 1.74 bits per heavy atom. The molecule has 7 rings (SSSR count). The van der Waals surface area contributed by atoms with Crippen LogP contribution in [0.25, 0.3) is 0 Å². The third kappa shape index (κ3) is 3.92. The molecule has 6 heteroatoms. The number of benzene rings is 1. The van der Waals surface area contributed by atoms with Crippen molar-refractivity contribution in [3.8, 4) is 11.8 Å². The summed E-state index contributed by atoms with van der Waals surface area (Å²) in [4.78, 5) is 3.75. The molecular weight excluding hydrogens is 542 g/mol. The lowest BCUT2D eigenvalue weighted by Gasteiger charge is -2.69. The second-order valence-corrected chi connectivity index (χ2v) is 17.0. The molecule has 1 aromatic rings. The highest BCUT2D eigenvalue weighted by atomic mass is 32.2. The number of hydrogen-bond donors (Lipinski definition) is 2. The number of fused-ring (bicyclic) bond motifs is 4. The van der Waals surface area contributed by atoms with Crippen LogP contribution in [-0.2, 0) is 9.47 Å². The zero-order valence-corrected chi connectivity index (χ0v) is 27.4. The Kier molecular flexibility index (Phi) is 6.76. The van der Waals surface area contributed by atoms with Crippen LogP contribution in [0.2, 0.25) is 0 Å². The molecule has 4 saturated carbocycles. The van der Waals surface area contributed by atoms with E-state index in [9.17, 15) is 10.2 Å². The molecular formula is C36H51NO4S. The van der Waals surface area contributed by atoms with Crippen molar-refractivity contribution in [3.63, 3.8) is 0 Å². The van der Waals surface area contributed by atoms with Crippen molar-refractivity contribution in [1.82, 2.24) is 0 Å². The van der Waals surface area contributed by atoms with Gasteiger partial charge in [-0.05, 0) is 101 Å². The summed E-state index contributed by atoms with van der Waals surface area (Å²) < 4.78 is 12.8. The molecule has 2 aliphatic heterocycles. The van der Waals surface area contributed by atoms with Crippen molar-refractivity contribution in [3.05, 3.63) is 23.8 Å². The van der Waals surface area contributed by atoms with Crippen LogP contribution in [-0.4, -0.2) is 58.3 Å². The lowest BCUT2D eigenvalue weighted by molar-refractivity contribution is -0.338. The van der Waals surface area contributed by atoms with E-state index < -0.39 is 17.0 Å². The van der Waals surface area contributed by atoms with E-state index in [1.54, 1.807) is 0 Å². The molecule has 2 heterocycles. The Morgan fingerprint density at radius 1 is 1.00 bits per heavy atom. The van der Waals surface area contributed by atoms with Gasteiger partial charge in [0.05, 0.1) is 23.6 Å². The summed E-state index contributed by atoms with van der Waals surface area (Å²) in [7, 11) is 0. The fraction of sp³-hybridized carbons (Fsp3) is 0.778. The molecule has 1 unspecified atom stereocenters. The maximum Gasteiger partial charge on any atom is 0.171 e. The molecule has 0 amide bonds.